The first-order valence-electron chi connectivity index (χ1n) is 14.4. The summed E-state index contributed by atoms with van der Waals surface area (Å²) < 4.78 is 0. The molecule has 2 heterocycles. The molecule has 1 amide bonds. The Morgan fingerprint density at radius 2 is 1.50 bits per heavy atom. The van der Waals surface area contributed by atoms with Gasteiger partial charge in [0.15, 0.2) is 0 Å². The molecule has 3 aromatic rings. The van der Waals surface area contributed by atoms with Crippen molar-refractivity contribution < 1.29 is 4.79 Å². The van der Waals surface area contributed by atoms with E-state index in [4.69, 9.17) is 0 Å². The lowest BCUT2D eigenvalue weighted by Crippen LogP contribution is -2.48. The second-order valence-electron chi connectivity index (χ2n) is 11.2. The molecular formula is C34H42N2OS. The number of rotatable bonds is 2. The van der Waals surface area contributed by atoms with Crippen LogP contribution in [0.3, 0.4) is 0 Å². The van der Waals surface area contributed by atoms with Gasteiger partial charge >= 0.3 is 0 Å². The SMILES string of the molecule is CC(=O)N1CCN(c2ccc(C)cc2C)CC1.c1ccc2c(c1)CC(C1CCCCC1)c1ccccc1S2. The summed E-state index contributed by atoms with van der Waals surface area (Å²) in [4.78, 5) is 18.5. The van der Waals surface area contributed by atoms with Crippen molar-refractivity contribution in [1.29, 1.82) is 0 Å². The van der Waals surface area contributed by atoms with E-state index >= 15 is 0 Å². The predicted octanol–water partition coefficient (Wildman–Crippen LogP) is 8.03. The maximum absolute atomic E-state index is 11.3. The maximum atomic E-state index is 11.3. The standard InChI is InChI=1S/C20H22S.C14H20N2O/c1-2-8-15(9-3-1)18-14-16-10-4-6-12-19(16)21-20-13-7-5-11-17(18)20;1-11-4-5-14(12(2)10-11)16-8-6-15(7-9-16)13(3)17/h4-7,10-13,15,18H,1-3,8-9,14H2;4-5,10H,6-9H2,1-3H3. The molecule has 200 valence electrons. The zero-order chi connectivity index (χ0) is 26.5. The van der Waals surface area contributed by atoms with E-state index < -0.39 is 0 Å². The van der Waals surface area contributed by atoms with Crippen LogP contribution in [-0.4, -0.2) is 37.0 Å². The molecule has 1 unspecified atom stereocenters. The van der Waals surface area contributed by atoms with E-state index in [2.05, 4.69) is 85.5 Å². The third-order valence-electron chi connectivity index (χ3n) is 8.59. The van der Waals surface area contributed by atoms with E-state index in [0.717, 1.165) is 38.0 Å². The van der Waals surface area contributed by atoms with Gasteiger partial charge in [0, 0.05) is 48.6 Å². The average molecular weight is 527 g/mol. The van der Waals surface area contributed by atoms with Crippen molar-refractivity contribution in [3.8, 4) is 0 Å². The summed E-state index contributed by atoms with van der Waals surface area (Å²) in [5.41, 5.74) is 7.08. The van der Waals surface area contributed by atoms with Crippen molar-refractivity contribution in [3.05, 3.63) is 89.0 Å². The molecule has 2 aliphatic heterocycles. The van der Waals surface area contributed by atoms with Crippen LogP contribution in [0.5, 0.6) is 0 Å². The van der Waals surface area contributed by atoms with Gasteiger partial charge in [0.25, 0.3) is 0 Å². The van der Waals surface area contributed by atoms with Crippen LogP contribution in [0.25, 0.3) is 0 Å². The normalized spacial score (nSPS) is 19.5. The van der Waals surface area contributed by atoms with Crippen LogP contribution < -0.4 is 4.90 Å². The zero-order valence-electron chi connectivity index (χ0n) is 23.3. The van der Waals surface area contributed by atoms with Crippen molar-refractivity contribution in [2.45, 2.75) is 75.0 Å². The molecule has 3 aliphatic rings. The largest absolute Gasteiger partial charge is 0.368 e. The predicted molar refractivity (Wildman–Crippen MR) is 160 cm³/mol. The first-order chi connectivity index (χ1) is 18.5. The molecule has 38 heavy (non-hydrogen) atoms. The van der Waals surface area contributed by atoms with Gasteiger partial charge in [-0.15, -0.1) is 0 Å². The van der Waals surface area contributed by atoms with Crippen LogP contribution in [0.2, 0.25) is 0 Å². The average Bonchev–Trinajstić information content (AvgIpc) is 3.11. The highest BCUT2D eigenvalue weighted by molar-refractivity contribution is 7.99. The van der Waals surface area contributed by atoms with Crippen LogP contribution in [0.15, 0.2) is 76.5 Å². The summed E-state index contributed by atoms with van der Waals surface area (Å²) in [5, 5.41) is 0. The Hall–Kier alpha value is -2.72. The molecule has 4 heteroatoms. The lowest BCUT2D eigenvalue weighted by Gasteiger charge is -2.36. The van der Waals surface area contributed by atoms with Crippen molar-refractivity contribution in [1.82, 2.24) is 4.90 Å². The molecule has 0 radical (unpaired) electrons. The van der Waals surface area contributed by atoms with E-state index in [1.807, 2.05) is 16.7 Å². The van der Waals surface area contributed by atoms with Gasteiger partial charge in [-0.3, -0.25) is 4.79 Å². The van der Waals surface area contributed by atoms with Gasteiger partial charge in [0.1, 0.15) is 0 Å². The third kappa shape index (κ3) is 6.29. The van der Waals surface area contributed by atoms with Crippen LogP contribution in [0.4, 0.5) is 5.69 Å². The first-order valence-corrected chi connectivity index (χ1v) is 15.2. The van der Waals surface area contributed by atoms with Gasteiger partial charge in [-0.25, -0.2) is 0 Å². The number of hydrogen-bond acceptors (Lipinski definition) is 3. The molecule has 0 aromatic heterocycles. The molecule has 6 rings (SSSR count). The van der Waals surface area contributed by atoms with Gasteiger partial charge in [-0.1, -0.05) is 85.1 Å². The molecule has 3 aromatic carbocycles. The minimum atomic E-state index is 0.185. The topological polar surface area (TPSA) is 23.6 Å². The number of carbonyl (C=O) groups excluding carboxylic acids is 1. The van der Waals surface area contributed by atoms with E-state index in [0.29, 0.717) is 0 Å². The zero-order valence-corrected chi connectivity index (χ0v) is 24.1. The lowest BCUT2D eigenvalue weighted by molar-refractivity contribution is -0.129. The molecule has 1 saturated heterocycles. The van der Waals surface area contributed by atoms with Gasteiger partial charge in [-0.2, -0.15) is 0 Å². The van der Waals surface area contributed by atoms with Gasteiger partial charge in [-0.05, 0) is 79.8 Å². The fourth-order valence-electron chi connectivity index (χ4n) is 6.50. The number of amides is 1. The molecule has 0 N–H and O–H groups in total. The second kappa shape index (κ2) is 12.4. The minimum absolute atomic E-state index is 0.185. The molecule has 1 aliphatic carbocycles. The Morgan fingerprint density at radius 1 is 0.816 bits per heavy atom. The number of anilines is 1. The summed E-state index contributed by atoms with van der Waals surface area (Å²) in [6.07, 6.45) is 8.37. The van der Waals surface area contributed by atoms with Crippen molar-refractivity contribution >= 4 is 23.4 Å². The summed E-state index contributed by atoms with van der Waals surface area (Å²) in [7, 11) is 0. The van der Waals surface area contributed by atoms with Gasteiger partial charge < -0.3 is 9.80 Å². The number of aryl methyl sites for hydroxylation is 2. The summed E-state index contributed by atoms with van der Waals surface area (Å²) in [6.45, 7) is 9.45. The molecule has 2 fully saturated rings. The lowest BCUT2D eigenvalue weighted by atomic mass is 9.74. The first kappa shape index (κ1) is 26.9. The van der Waals surface area contributed by atoms with Gasteiger partial charge in [0.2, 0.25) is 5.91 Å². The van der Waals surface area contributed by atoms with Gasteiger partial charge in [0.05, 0.1) is 0 Å². The summed E-state index contributed by atoms with van der Waals surface area (Å²) >= 11 is 1.97. The van der Waals surface area contributed by atoms with Crippen molar-refractivity contribution in [3.63, 3.8) is 0 Å². The molecular weight excluding hydrogens is 484 g/mol. The number of piperazine rings is 1. The van der Waals surface area contributed by atoms with E-state index in [1.54, 1.807) is 18.1 Å². The number of carbonyl (C=O) groups is 1. The monoisotopic (exact) mass is 526 g/mol. The molecule has 3 nitrogen and oxygen atoms in total. The fraction of sp³-hybridized carbons (Fsp3) is 0.441. The fourth-order valence-corrected chi connectivity index (χ4v) is 7.65. The highest BCUT2D eigenvalue weighted by Crippen LogP contribution is 2.47. The van der Waals surface area contributed by atoms with Crippen LogP contribution in [0, 0.1) is 19.8 Å². The molecule has 0 bridgehead atoms. The van der Waals surface area contributed by atoms with Crippen LogP contribution in [0.1, 0.15) is 67.2 Å². The minimum Gasteiger partial charge on any atom is -0.368 e. The summed E-state index contributed by atoms with van der Waals surface area (Å²) in [6, 6.07) is 24.7. The molecule has 1 saturated carbocycles. The Labute approximate surface area is 233 Å². The van der Waals surface area contributed by atoms with E-state index in [9.17, 15) is 4.79 Å². The Morgan fingerprint density at radius 3 is 2.21 bits per heavy atom. The van der Waals surface area contributed by atoms with E-state index in [-0.39, 0.29) is 5.91 Å². The second-order valence-corrected chi connectivity index (χ2v) is 12.3. The molecule has 0 spiro atoms. The van der Waals surface area contributed by atoms with E-state index in [1.165, 1.54) is 65.1 Å². The quantitative estimate of drug-likeness (QED) is 0.338. The van der Waals surface area contributed by atoms with Crippen molar-refractivity contribution in [2.75, 3.05) is 31.1 Å². The Balaban J connectivity index is 0.000000159. The Kier molecular flexibility index (Phi) is 8.79. The highest BCUT2D eigenvalue weighted by atomic mass is 32.2. The van der Waals surface area contributed by atoms with Crippen molar-refractivity contribution in [2.24, 2.45) is 5.92 Å². The highest BCUT2D eigenvalue weighted by Gasteiger charge is 2.29. The number of fused-ring (bicyclic) bond motifs is 2. The summed E-state index contributed by atoms with van der Waals surface area (Å²) in [5.74, 6) is 1.79. The molecule has 1 atom stereocenters. The third-order valence-corrected chi connectivity index (χ3v) is 9.80. The van der Waals surface area contributed by atoms with Crippen LogP contribution in [-0.2, 0) is 11.2 Å². The number of nitrogens with zero attached hydrogens (tertiary/aromatic N) is 2. The maximum Gasteiger partial charge on any atom is 0.219 e. The van der Waals surface area contributed by atoms with Crippen LogP contribution >= 0.6 is 11.8 Å². The number of hydrogen-bond donors (Lipinski definition) is 0. The Bertz CT molecular complexity index is 1240. The number of benzene rings is 3. The smallest absolute Gasteiger partial charge is 0.219 e.